The molecule has 5 rings (SSSR count). The van der Waals surface area contributed by atoms with Crippen molar-refractivity contribution in [1.29, 1.82) is 0 Å². The maximum atomic E-state index is 13.8. The highest BCUT2D eigenvalue weighted by Gasteiger charge is 2.41. The van der Waals surface area contributed by atoms with Gasteiger partial charge in [-0.2, -0.15) is 5.10 Å². The number of hydrogen-bond donors (Lipinski definition) is 0. The van der Waals surface area contributed by atoms with Crippen LogP contribution < -0.4 is 9.47 Å². The molecule has 0 N–H and O–H groups in total. The predicted octanol–water partition coefficient (Wildman–Crippen LogP) is 4.15. The van der Waals surface area contributed by atoms with E-state index in [9.17, 15) is 4.79 Å². The Morgan fingerprint density at radius 3 is 2.37 bits per heavy atom. The maximum absolute atomic E-state index is 13.8. The Labute approximate surface area is 205 Å². The molecule has 3 aromatic rings. The van der Waals surface area contributed by atoms with Gasteiger partial charge in [-0.25, -0.2) is 4.68 Å². The van der Waals surface area contributed by atoms with Crippen LogP contribution in [-0.2, 0) is 9.47 Å². The van der Waals surface area contributed by atoms with Gasteiger partial charge in [0.15, 0.2) is 5.79 Å². The minimum atomic E-state index is -0.536. The third-order valence-corrected chi connectivity index (χ3v) is 6.82. The molecule has 0 bridgehead atoms. The van der Waals surface area contributed by atoms with Crippen molar-refractivity contribution in [3.05, 3.63) is 59.3 Å². The number of benzene rings is 2. The molecule has 3 heterocycles. The Morgan fingerprint density at radius 1 is 0.971 bits per heavy atom. The van der Waals surface area contributed by atoms with Crippen LogP contribution in [0.15, 0.2) is 42.5 Å². The molecule has 2 aromatic carbocycles. The molecule has 1 spiro atoms. The zero-order chi connectivity index (χ0) is 24.6. The predicted molar refractivity (Wildman–Crippen MR) is 131 cm³/mol. The second-order valence-corrected chi connectivity index (χ2v) is 9.08. The first-order valence-electron chi connectivity index (χ1n) is 11.9. The van der Waals surface area contributed by atoms with Crippen molar-refractivity contribution in [1.82, 2.24) is 14.7 Å². The number of aryl methyl sites for hydroxylation is 2. The lowest BCUT2D eigenvalue weighted by Crippen LogP contribution is -2.47. The minimum Gasteiger partial charge on any atom is -0.497 e. The molecule has 2 aliphatic heterocycles. The quantitative estimate of drug-likeness (QED) is 0.550. The molecule has 0 unspecified atom stereocenters. The van der Waals surface area contributed by atoms with Gasteiger partial charge in [-0.3, -0.25) is 4.79 Å². The zero-order valence-corrected chi connectivity index (χ0v) is 20.7. The minimum absolute atomic E-state index is 0.0657. The monoisotopic (exact) mass is 477 g/mol. The van der Waals surface area contributed by atoms with Gasteiger partial charge in [-0.1, -0.05) is 17.7 Å². The van der Waals surface area contributed by atoms with Crippen LogP contribution in [0.1, 0.15) is 34.5 Å². The topological polar surface area (TPSA) is 75.0 Å². The summed E-state index contributed by atoms with van der Waals surface area (Å²) in [5, 5.41) is 4.89. The summed E-state index contributed by atoms with van der Waals surface area (Å²) in [5.41, 5.74) is 5.02. The second kappa shape index (κ2) is 9.36. The summed E-state index contributed by atoms with van der Waals surface area (Å²) < 4.78 is 24.4. The third-order valence-electron chi connectivity index (χ3n) is 6.82. The second-order valence-electron chi connectivity index (χ2n) is 9.08. The molecule has 2 fully saturated rings. The number of amides is 1. The molecule has 35 heavy (non-hydrogen) atoms. The number of piperidine rings is 1. The maximum Gasteiger partial charge on any atom is 0.272 e. The summed E-state index contributed by atoms with van der Waals surface area (Å²) >= 11 is 0. The molecule has 1 aromatic heterocycles. The zero-order valence-electron chi connectivity index (χ0n) is 20.7. The summed E-state index contributed by atoms with van der Waals surface area (Å²) in [7, 11) is 3.23. The summed E-state index contributed by atoms with van der Waals surface area (Å²) in [6, 6.07) is 13.6. The van der Waals surface area contributed by atoms with E-state index in [4.69, 9.17) is 24.0 Å². The number of ether oxygens (including phenoxy) is 4. The molecular weight excluding hydrogens is 446 g/mol. The van der Waals surface area contributed by atoms with Crippen LogP contribution >= 0.6 is 0 Å². The van der Waals surface area contributed by atoms with Gasteiger partial charge in [-0.05, 0) is 43.7 Å². The van der Waals surface area contributed by atoms with E-state index < -0.39 is 5.79 Å². The normalized spacial score (nSPS) is 17.1. The Morgan fingerprint density at radius 2 is 1.71 bits per heavy atom. The molecule has 2 aliphatic rings. The standard InChI is InChI=1S/C27H31N3O5/c1-18-5-8-23(19(2)15-18)30-24(26(31)29-11-9-27(10-12-29)34-13-14-35-27)17-22(28-30)21-7-6-20(32-3)16-25(21)33-4/h5-8,15-17H,9-14H2,1-4H3. The Balaban J connectivity index is 1.54. The number of likely N-dealkylation sites (tertiary alicyclic amines) is 1. The number of nitrogens with zero attached hydrogens (tertiary/aromatic N) is 3. The van der Waals surface area contributed by atoms with Crippen LogP contribution in [0.2, 0.25) is 0 Å². The molecule has 0 saturated carbocycles. The van der Waals surface area contributed by atoms with Gasteiger partial charge in [0.25, 0.3) is 5.91 Å². The van der Waals surface area contributed by atoms with E-state index in [0.717, 1.165) is 22.4 Å². The highest BCUT2D eigenvalue weighted by molar-refractivity contribution is 5.95. The largest absolute Gasteiger partial charge is 0.497 e. The highest BCUT2D eigenvalue weighted by Crippen LogP contribution is 2.35. The van der Waals surface area contributed by atoms with Crippen LogP contribution in [0.5, 0.6) is 11.5 Å². The van der Waals surface area contributed by atoms with Crippen LogP contribution in [0, 0.1) is 13.8 Å². The van der Waals surface area contributed by atoms with Crippen molar-refractivity contribution in [2.24, 2.45) is 0 Å². The number of methoxy groups -OCH3 is 2. The number of carbonyl (C=O) groups is 1. The molecular formula is C27H31N3O5. The Hall–Kier alpha value is -3.36. The van der Waals surface area contributed by atoms with E-state index in [-0.39, 0.29) is 5.91 Å². The van der Waals surface area contributed by atoms with Crippen molar-refractivity contribution in [3.8, 4) is 28.4 Å². The first-order chi connectivity index (χ1) is 16.9. The lowest BCUT2D eigenvalue weighted by atomic mass is 10.0. The Kier molecular flexibility index (Phi) is 6.25. The van der Waals surface area contributed by atoms with Gasteiger partial charge in [0.05, 0.1) is 38.8 Å². The van der Waals surface area contributed by atoms with Crippen molar-refractivity contribution in [2.75, 3.05) is 40.5 Å². The van der Waals surface area contributed by atoms with E-state index >= 15 is 0 Å². The SMILES string of the molecule is COc1ccc(-c2cc(C(=O)N3CCC4(CC3)OCCO4)n(-c3ccc(C)cc3C)n2)c(OC)c1. The fourth-order valence-corrected chi connectivity index (χ4v) is 4.90. The molecule has 0 radical (unpaired) electrons. The number of hydrogen-bond acceptors (Lipinski definition) is 6. The van der Waals surface area contributed by atoms with Gasteiger partial charge in [0.1, 0.15) is 17.2 Å². The lowest BCUT2D eigenvalue weighted by Gasteiger charge is -2.37. The molecule has 0 atom stereocenters. The molecule has 8 heteroatoms. The van der Waals surface area contributed by atoms with Gasteiger partial charge in [0.2, 0.25) is 0 Å². The number of carbonyl (C=O) groups excluding carboxylic acids is 1. The average molecular weight is 478 g/mol. The first-order valence-corrected chi connectivity index (χ1v) is 11.9. The van der Waals surface area contributed by atoms with Gasteiger partial charge in [-0.15, -0.1) is 0 Å². The lowest BCUT2D eigenvalue weighted by molar-refractivity contribution is -0.181. The van der Waals surface area contributed by atoms with E-state index in [1.165, 1.54) is 0 Å². The summed E-state index contributed by atoms with van der Waals surface area (Å²) in [5.74, 6) is 0.717. The fraction of sp³-hybridized carbons (Fsp3) is 0.407. The van der Waals surface area contributed by atoms with Crippen molar-refractivity contribution in [2.45, 2.75) is 32.5 Å². The van der Waals surface area contributed by atoms with Gasteiger partial charge in [0, 0.05) is 37.6 Å². The number of aromatic nitrogens is 2. The van der Waals surface area contributed by atoms with E-state index in [1.54, 1.807) is 18.9 Å². The Bertz CT molecular complexity index is 1240. The summed E-state index contributed by atoms with van der Waals surface area (Å²) in [6.45, 7) is 6.44. The molecule has 2 saturated heterocycles. The van der Waals surface area contributed by atoms with Crippen molar-refractivity contribution >= 4 is 5.91 Å². The van der Waals surface area contributed by atoms with Crippen LogP contribution in [0.4, 0.5) is 0 Å². The van der Waals surface area contributed by atoms with E-state index in [2.05, 4.69) is 13.0 Å². The fourth-order valence-electron chi connectivity index (χ4n) is 4.90. The van der Waals surface area contributed by atoms with Crippen LogP contribution in [0.25, 0.3) is 16.9 Å². The van der Waals surface area contributed by atoms with Crippen molar-refractivity contribution in [3.63, 3.8) is 0 Å². The summed E-state index contributed by atoms with van der Waals surface area (Å²) in [6.07, 6.45) is 1.32. The van der Waals surface area contributed by atoms with Gasteiger partial charge >= 0.3 is 0 Å². The summed E-state index contributed by atoms with van der Waals surface area (Å²) in [4.78, 5) is 15.7. The van der Waals surface area contributed by atoms with Gasteiger partial charge < -0.3 is 23.8 Å². The number of rotatable bonds is 5. The van der Waals surface area contributed by atoms with Crippen molar-refractivity contribution < 1.29 is 23.7 Å². The first kappa shape index (κ1) is 23.4. The molecule has 8 nitrogen and oxygen atoms in total. The highest BCUT2D eigenvalue weighted by atomic mass is 16.7. The van der Waals surface area contributed by atoms with E-state index in [0.29, 0.717) is 62.0 Å². The third kappa shape index (κ3) is 4.39. The molecule has 184 valence electrons. The van der Waals surface area contributed by atoms with Crippen LogP contribution in [0.3, 0.4) is 0 Å². The van der Waals surface area contributed by atoms with Crippen LogP contribution in [-0.4, -0.2) is 66.9 Å². The van der Waals surface area contributed by atoms with E-state index in [1.807, 2.05) is 48.2 Å². The molecule has 1 amide bonds. The molecule has 0 aliphatic carbocycles. The smallest absolute Gasteiger partial charge is 0.272 e. The average Bonchev–Trinajstić information content (AvgIpc) is 3.51.